The zero-order valence-corrected chi connectivity index (χ0v) is 14.0. The first kappa shape index (κ1) is 14.8. The number of carbonyl (C=O) groups is 1. The van der Waals surface area contributed by atoms with Gasteiger partial charge in [0.1, 0.15) is 0 Å². The molecule has 2 aromatic rings. The van der Waals surface area contributed by atoms with Crippen LogP contribution in [-0.4, -0.2) is 52.0 Å². The maximum Gasteiger partial charge on any atom is 0.264 e. The number of piperazine rings is 1. The van der Waals surface area contributed by atoms with Crippen molar-refractivity contribution in [1.29, 1.82) is 0 Å². The maximum absolute atomic E-state index is 12.4. The number of amides is 1. The summed E-state index contributed by atoms with van der Waals surface area (Å²) in [5.74, 6) is 2.21. The molecule has 0 bridgehead atoms. The van der Waals surface area contributed by atoms with E-state index in [2.05, 4.69) is 22.0 Å². The van der Waals surface area contributed by atoms with Crippen molar-refractivity contribution in [3.63, 3.8) is 0 Å². The molecule has 1 saturated heterocycles. The highest BCUT2D eigenvalue weighted by molar-refractivity contribution is 7.12. The molecule has 6 nitrogen and oxygen atoms in total. The van der Waals surface area contributed by atoms with Crippen molar-refractivity contribution in [3.05, 3.63) is 34.1 Å². The molecule has 7 heteroatoms. The van der Waals surface area contributed by atoms with E-state index in [1.165, 1.54) is 24.2 Å². The van der Waals surface area contributed by atoms with Gasteiger partial charge in [-0.15, -0.1) is 11.3 Å². The lowest BCUT2D eigenvalue weighted by molar-refractivity contribution is 0.0556. The highest BCUT2D eigenvalue weighted by Crippen LogP contribution is 2.38. The lowest BCUT2D eigenvalue weighted by atomic mass is 10.2. The SMILES string of the molecule is C[C@H](c1nc(C2CC2)no1)N1CCN(C(=O)c2cccs2)CC1. The quantitative estimate of drug-likeness (QED) is 0.861. The van der Waals surface area contributed by atoms with Gasteiger partial charge >= 0.3 is 0 Å². The fourth-order valence-electron chi connectivity index (χ4n) is 2.95. The van der Waals surface area contributed by atoms with Gasteiger partial charge in [-0.05, 0) is 31.2 Å². The molecular weight excluding hydrogens is 312 g/mol. The first-order valence-corrected chi connectivity index (χ1v) is 9.00. The van der Waals surface area contributed by atoms with Gasteiger partial charge in [0.05, 0.1) is 10.9 Å². The molecule has 3 heterocycles. The Morgan fingerprint density at radius 2 is 2.13 bits per heavy atom. The van der Waals surface area contributed by atoms with Gasteiger partial charge in [0.2, 0.25) is 5.89 Å². The summed E-state index contributed by atoms with van der Waals surface area (Å²) >= 11 is 1.50. The van der Waals surface area contributed by atoms with Crippen LogP contribution in [0.25, 0.3) is 0 Å². The first-order chi connectivity index (χ1) is 11.2. The van der Waals surface area contributed by atoms with Gasteiger partial charge in [-0.1, -0.05) is 11.2 Å². The molecule has 0 N–H and O–H groups in total. The molecule has 0 radical (unpaired) electrons. The van der Waals surface area contributed by atoms with E-state index in [1.807, 2.05) is 22.4 Å². The van der Waals surface area contributed by atoms with Crippen molar-refractivity contribution in [3.8, 4) is 0 Å². The van der Waals surface area contributed by atoms with E-state index in [9.17, 15) is 4.79 Å². The number of carbonyl (C=O) groups excluding carboxylic acids is 1. The van der Waals surface area contributed by atoms with Crippen LogP contribution in [0.4, 0.5) is 0 Å². The maximum atomic E-state index is 12.4. The number of hydrogen-bond acceptors (Lipinski definition) is 6. The van der Waals surface area contributed by atoms with E-state index in [4.69, 9.17) is 4.52 Å². The summed E-state index contributed by atoms with van der Waals surface area (Å²) in [6.07, 6.45) is 2.35. The summed E-state index contributed by atoms with van der Waals surface area (Å²) in [5.41, 5.74) is 0. The molecule has 1 amide bonds. The minimum atomic E-state index is 0.106. The fourth-order valence-corrected chi connectivity index (χ4v) is 3.64. The number of hydrogen-bond donors (Lipinski definition) is 0. The van der Waals surface area contributed by atoms with Crippen molar-refractivity contribution in [1.82, 2.24) is 19.9 Å². The Balaban J connectivity index is 1.35. The summed E-state index contributed by atoms with van der Waals surface area (Å²) < 4.78 is 5.43. The van der Waals surface area contributed by atoms with Crippen molar-refractivity contribution >= 4 is 17.2 Å². The van der Waals surface area contributed by atoms with Gasteiger partial charge < -0.3 is 9.42 Å². The average Bonchev–Trinajstić information content (AvgIpc) is 3.10. The molecule has 23 heavy (non-hydrogen) atoms. The number of rotatable bonds is 4. The monoisotopic (exact) mass is 332 g/mol. The van der Waals surface area contributed by atoms with Crippen molar-refractivity contribution in [2.24, 2.45) is 0 Å². The predicted molar refractivity (Wildman–Crippen MR) is 86.5 cm³/mol. The van der Waals surface area contributed by atoms with Gasteiger partial charge in [-0.2, -0.15) is 4.98 Å². The summed E-state index contributed by atoms with van der Waals surface area (Å²) in [7, 11) is 0. The van der Waals surface area contributed by atoms with Crippen LogP contribution in [0.1, 0.15) is 53.1 Å². The Kier molecular flexibility index (Phi) is 3.90. The topological polar surface area (TPSA) is 62.5 Å². The Labute approximate surface area is 139 Å². The summed E-state index contributed by atoms with van der Waals surface area (Å²) in [4.78, 5) is 22.0. The molecule has 1 aliphatic carbocycles. The smallest absolute Gasteiger partial charge is 0.264 e. The van der Waals surface area contributed by atoms with Gasteiger partial charge in [0.15, 0.2) is 5.82 Å². The molecule has 1 atom stereocenters. The van der Waals surface area contributed by atoms with E-state index in [0.717, 1.165) is 36.9 Å². The van der Waals surface area contributed by atoms with Gasteiger partial charge in [0, 0.05) is 32.1 Å². The van der Waals surface area contributed by atoms with Gasteiger partial charge in [0.25, 0.3) is 5.91 Å². The van der Waals surface area contributed by atoms with Crippen LogP contribution in [0.2, 0.25) is 0 Å². The molecule has 2 aromatic heterocycles. The number of aromatic nitrogens is 2. The Bertz CT molecular complexity index is 672. The highest BCUT2D eigenvalue weighted by Gasteiger charge is 2.32. The predicted octanol–water partition coefficient (Wildman–Crippen LogP) is 2.53. The van der Waals surface area contributed by atoms with Crippen LogP contribution in [-0.2, 0) is 0 Å². The van der Waals surface area contributed by atoms with Crippen LogP contribution in [0, 0.1) is 0 Å². The standard InChI is InChI=1S/C16H20N4O2S/c1-11(15-17-14(18-22-15)12-4-5-12)19-6-8-20(9-7-19)16(21)13-3-2-10-23-13/h2-3,10-12H,4-9H2,1H3/t11-/m1/s1. The van der Waals surface area contributed by atoms with Gasteiger partial charge in [-0.3, -0.25) is 9.69 Å². The van der Waals surface area contributed by atoms with Crippen LogP contribution in [0.3, 0.4) is 0 Å². The lowest BCUT2D eigenvalue weighted by Gasteiger charge is -2.36. The normalized spacial score (nSPS) is 20.7. The van der Waals surface area contributed by atoms with E-state index >= 15 is 0 Å². The van der Waals surface area contributed by atoms with Crippen molar-refractivity contribution in [2.45, 2.75) is 31.7 Å². The van der Waals surface area contributed by atoms with E-state index < -0.39 is 0 Å². The molecule has 2 aliphatic rings. The number of thiophene rings is 1. The van der Waals surface area contributed by atoms with Crippen LogP contribution in [0.15, 0.2) is 22.0 Å². The molecule has 1 aliphatic heterocycles. The minimum Gasteiger partial charge on any atom is -0.338 e. The third-order valence-electron chi connectivity index (χ3n) is 4.64. The van der Waals surface area contributed by atoms with Crippen molar-refractivity contribution in [2.75, 3.05) is 26.2 Å². The van der Waals surface area contributed by atoms with Crippen LogP contribution in [0.5, 0.6) is 0 Å². The third kappa shape index (κ3) is 3.03. The summed E-state index contributed by atoms with van der Waals surface area (Å²) in [6, 6.07) is 3.91. The van der Waals surface area contributed by atoms with E-state index in [1.54, 1.807) is 0 Å². The molecule has 1 saturated carbocycles. The summed E-state index contributed by atoms with van der Waals surface area (Å²) in [5, 5.41) is 6.04. The highest BCUT2D eigenvalue weighted by atomic mass is 32.1. The minimum absolute atomic E-state index is 0.106. The Morgan fingerprint density at radius 3 is 2.78 bits per heavy atom. The average molecular weight is 332 g/mol. The molecule has 0 spiro atoms. The molecular formula is C16H20N4O2S. The van der Waals surface area contributed by atoms with Crippen LogP contribution >= 0.6 is 11.3 Å². The second kappa shape index (κ2) is 6.05. The zero-order valence-electron chi connectivity index (χ0n) is 13.1. The molecule has 2 fully saturated rings. The molecule has 0 aromatic carbocycles. The second-order valence-corrected chi connectivity index (χ2v) is 7.19. The largest absolute Gasteiger partial charge is 0.338 e. The molecule has 4 rings (SSSR count). The third-order valence-corrected chi connectivity index (χ3v) is 5.50. The first-order valence-electron chi connectivity index (χ1n) is 8.12. The van der Waals surface area contributed by atoms with E-state index in [-0.39, 0.29) is 11.9 Å². The van der Waals surface area contributed by atoms with E-state index in [0.29, 0.717) is 11.8 Å². The Morgan fingerprint density at radius 1 is 1.35 bits per heavy atom. The fraction of sp³-hybridized carbons (Fsp3) is 0.562. The zero-order chi connectivity index (χ0) is 15.8. The summed E-state index contributed by atoms with van der Waals surface area (Å²) in [6.45, 7) is 5.25. The second-order valence-electron chi connectivity index (χ2n) is 6.25. The molecule has 0 unspecified atom stereocenters. The van der Waals surface area contributed by atoms with Crippen LogP contribution < -0.4 is 0 Å². The van der Waals surface area contributed by atoms with Crippen molar-refractivity contribution < 1.29 is 9.32 Å². The molecule has 122 valence electrons. The number of nitrogens with zero attached hydrogens (tertiary/aromatic N) is 4. The lowest BCUT2D eigenvalue weighted by Crippen LogP contribution is -2.49. The Hall–Kier alpha value is -1.73. The van der Waals surface area contributed by atoms with Gasteiger partial charge in [-0.25, -0.2) is 0 Å².